The predicted octanol–water partition coefficient (Wildman–Crippen LogP) is 2.04. The minimum absolute atomic E-state index is 0.125. The van der Waals surface area contributed by atoms with E-state index >= 15 is 0 Å². The molecule has 1 heterocycles. The number of nitrogens with one attached hydrogen (secondary N) is 2. The molecule has 6 heteroatoms. The summed E-state index contributed by atoms with van der Waals surface area (Å²) in [6.45, 7) is 0.708. The molecule has 2 rings (SSSR count). The number of ether oxygens (including phenoxy) is 1. The molecule has 0 bridgehead atoms. The molecule has 5 nitrogen and oxygen atoms in total. The van der Waals surface area contributed by atoms with Gasteiger partial charge in [0.05, 0.1) is 13.4 Å². The summed E-state index contributed by atoms with van der Waals surface area (Å²) in [6.07, 6.45) is 2.24. The van der Waals surface area contributed by atoms with Crippen molar-refractivity contribution in [1.29, 1.82) is 0 Å². The van der Waals surface area contributed by atoms with E-state index in [1.54, 1.807) is 7.11 Å². The lowest BCUT2D eigenvalue weighted by Crippen LogP contribution is -2.16. The van der Waals surface area contributed by atoms with Crippen LogP contribution in [0.1, 0.15) is 5.56 Å². The van der Waals surface area contributed by atoms with Crippen molar-refractivity contribution in [3.8, 4) is 5.75 Å². The summed E-state index contributed by atoms with van der Waals surface area (Å²) < 4.78 is 5.75. The van der Waals surface area contributed by atoms with Crippen LogP contribution in [-0.4, -0.2) is 23.6 Å². The molecule has 0 unspecified atom stereocenters. The first-order valence-corrected chi connectivity index (χ1v) is 6.88. The van der Waals surface area contributed by atoms with E-state index in [9.17, 15) is 4.79 Å². The van der Waals surface area contributed by atoms with Crippen LogP contribution in [0.2, 0.25) is 0 Å². The smallest absolute Gasteiger partial charge is 0.266 e. The van der Waals surface area contributed by atoms with Gasteiger partial charge in [-0.1, -0.05) is 12.1 Å². The summed E-state index contributed by atoms with van der Waals surface area (Å²) in [6, 6.07) is 7.92. The molecule has 0 aliphatic heterocycles. The highest BCUT2D eigenvalue weighted by Gasteiger charge is 2.04. The van der Waals surface area contributed by atoms with E-state index in [-0.39, 0.29) is 5.56 Å². The van der Waals surface area contributed by atoms with E-state index in [4.69, 9.17) is 4.74 Å². The zero-order chi connectivity index (χ0) is 13.7. The monoisotopic (exact) mass is 371 g/mol. The predicted molar refractivity (Wildman–Crippen MR) is 82.8 cm³/mol. The third-order valence-electron chi connectivity index (χ3n) is 2.64. The van der Waals surface area contributed by atoms with Gasteiger partial charge in [0.15, 0.2) is 0 Å². The van der Waals surface area contributed by atoms with E-state index in [1.807, 2.05) is 46.9 Å². The fourth-order valence-electron chi connectivity index (χ4n) is 1.66. The Kier molecular flexibility index (Phi) is 4.78. The van der Waals surface area contributed by atoms with Gasteiger partial charge in [-0.05, 0) is 46.7 Å². The van der Waals surface area contributed by atoms with Crippen molar-refractivity contribution in [2.75, 3.05) is 19.0 Å². The van der Waals surface area contributed by atoms with Gasteiger partial charge in [0.25, 0.3) is 5.56 Å². The maximum atomic E-state index is 11.4. The first-order chi connectivity index (χ1) is 9.20. The zero-order valence-corrected chi connectivity index (χ0v) is 12.6. The number of benzene rings is 1. The van der Waals surface area contributed by atoms with Crippen molar-refractivity contribution in [1.82, 2.24) is 9.97 Å². The number of hydrogen-bond donors (Lipinski definition) is 2. The Morgan fingerprint density at radius 3 is 3.11 bits per heavy atom. The Labute approximate surface area is 124 Å². The van der Waals surface area contributed by atoms with E-state index in [0.29, 0.717) is 15.9 Å². The molecule has 1 aromatic carbocycles. The van der Waals surface area contributed by atoms with Gasteiger partial charge in [0.2, 0.25) is 0 Å². The number of hydrogen-bond acceptors (Lipinski definition) is 4. The molecule has 0 fully saturated rings. The lowest BCUT2D eigenvalue weighted by Gasteiger charge is -2.07. The van der Waals surface area contributed by atoms with Gasteiger partial charge in [-0.15, -0.1) is 0 Å². The normalized spacial score (nSPS) is 10.2. The van der Waals surface area contributed by atoms with Crippen LogP contribution in [-0.2, 0) is 6.42 Å². The highest BCUT2D eigenvalue weighted by Crippen LogP contribution is 2.13. The second kappa shape index (κ2) is 6.55. The maximum Gasteiger partial charge on any atom is 0.266 e. The molecule has 2 aromatic rings. The molecule has 2 N–H and O–H groups in total. The van der Waals surface area contributed by atoms with Crippen molar-refractivity contribution >= 4 is 28.4 Å². The van der Waals surface area contributed by atoms with Crippen LogP contribution < -0.4 is 15.6 Å². The van der Waals surface area contributed by atoms with Gasteiger partial charge in [0, 0.05) is 6.54 Å². The summed E-state index contributed by atoms with van der Waals surface area (Å²) in [7, 11) is 1.65. The molecule has 0 aliphatic rings. The molecular weight excluding hydrogens is 357 g/mol. The van der Waals surface area contributed by atoms with Crippen LogP contribution in [0, 0.1) is 3.57 Å². The zero-order valence-electron chi connectivity index (χ0n) is 10.4. The Bertz CT molecular complexity index is 613. The van der Waals surface area contributed by atoms with Crippen molar-refractivity contribution in [3.63, 3.8) is 0 Å². The third kappa shape index (κ3) is 3.69. The maximum absolute atomic E-state index is 11.4. The largest absolute Gasteiger partial charge is 0.497 e. The average molecular weight is 371 g/mol. The SMILES string of the molecule is COc1cccc(CCNc2nc[nH]c(=O)c2I)c1. The van der Waals surface area contributed by atoms with Crippen molar-refractivity contribution in [3.05, 3.63) is 50.1 Å². The number of halogens is 1. The summed E-state index contributed by atoms with van der Waals surface area (Å²) in [5, 5.41) is 3.16. The van der Waals surface area contributed by atoms with E-state index in [2.05, 4.69) is 15.3 Å². The van der Waals surface area contributed by atoms with Crippen LogP contribution in [0.5, 0.6) is 5.75 Å². The Balaban J connectivity index is 1.96. The molecule has 100 valence electrons. The fourth-order valence-corrected chi connectivity index (χ4v) is 2.15. The van der Waals surface area contributed by atoms with E-state index in [0.717, 1.165) is 12.2 Å². The number of aromatic amines is 1. The second-order valence-electron chi connectivity index (χ2n) is 3.92. The number of aromatic nitrogens is 2. The molecule has 0 saturated heterocycles. The van der Waals surface area contributed by atoms with E-state index in [1.165, 1.54) is 11.9 Å². The van der Waals surface area contributed by atoms with Gasteiger partial charge in [-0.3, -0.25) is 4.79 Å². The fraction of sp³-hybridized carbons (Fsp3) is 0.231. The second-order valence-corrected chi connectivity index (χ2v) is 5.00. The third-order valence-corrected chi connectivity index (χ3v) is 3.64. The van der Waals surface area contributed by atoms with Crippen LogP contribution in [0.25, 0.3) is 0 Å². The number of rotatable bonds is 5. The molecule has 19 heavy (non-hydrogen) atoms. The average Bonchev–Trinajstić information content (AvgIpc) is 2.44. The summed E-state index contributed by atoms with van der Waals surface area (Å²) in [4.78, 5) is 18.0. The van der Waals surface area contributed by atoms with Crippen LogP contribution in [0.4, 0.5) is 5.82 Å². The van der Waals surface area contributed by atoms with Gasteiger partial charge < -0.3 is 15.0 Å². The summed E-state index contributed by atoms with van der Waals surface area (Å²) in [5.74, 6) is 1.47. The quantitative estimate of drug-likeness (QED) is 0.790. The molecule has 1 aromatic heterocycles. The lowest BCUT2D eigenvalue weighted by atomic mass is 10.1. The highest BCUT2D eigenvalue weighted by atomic mass is 127. The Morgan fingerprint density at radius 2 is 2.32 bits per heavy atom. The van der Waals surface area contributed by atoms with Crippen LogP contribution in [0.15, 0.2) is 35.4 Å². The minimum Gasteiger partial charge on any atom is -0.497 e. The van der Waals surface area contributed by atoms with Crippen molar-refractivity contribution in [2.24, 2.45) is 0 Å². The number of H-pyrrole nitrogens is 1. The van der Waals surface area contributed by atoms with Crippen LogP contribution >= 0.6 is 22.6 Å². The molecule has 0 atom stereocenters. The van der Waals surface area contributed by atoms with Gasteiger partial charge in [-0.2, -0.15) is 0 Å². The molecule has 0 spiro atoms. The van der Waals surface area contributed by atoms with E-state index < -0.39 is 0 Å². The number of methoxy groups -OCH3 is 1. The van der Waals surface area contributed by atoms with Gasteiger partial charge >= 0.3 is 0 Å². The first-order valence-electron chi connectivity index (χ1n) is 5.80. The standard InChI is InChI=1S/C13H14IN3O2/c1-19-10-4-2-3-9(7-10)5-6-15-12-11(14)13(18)17-8-16-12/h2-4,7-8H,5-6H2,1H3,(H2,15,16,17,18). The van der Waals surface area contributed by atoms with Crippen molar-refractivity contribution < 1.29 is 4.74 Å². The number of nitrogens with zero attached hydrogens (tertiary/aromatic N) is 1. The topological polar surface area (TPSA) is 67.0 Å². The van der Waals surface area contributed by atoms with Gasteiger partial charge in [0.1, 0.15) is 15.1 Å². The lowest BCUT2D eigenvalue weighted by molar-refractivity contribution is 0.414. The molecular formula is C13H14IN3O2. The number of anilines is 1. The molecule has 0 amide bonds. The first kappa shape index (κ1) is 13.9. The molecule has 0 radical (unpaired) electrons. The summed E-state index contributed by atoms with van der Waals surface area (Å²) in [5.41, 5.74) is 1.05. The Hall–Kier alpha value is -1.57. The molecule has 0 saturated carbocycles. The van der Waals surface area contributed by atoms with Crippen LogP contribution in [0.3, 0.4) is 0 Å². The highest BCUT2D eigenvalue weighted by molar-refractivity contribution is 14.1. The summed E-state index contributed by atoms with van der Waals surface area (Å²) >= 11 is 1.98. The van der Waals surface area contributed by atoms with Crippen molar-refractivity contribution in [2.45, 2.75) is 6.42 Å². The Morgan fingerprint density at radius 1 is 1.47 bits per heavy atom. The van der Waals surface area contributed by atoms with Gasteiger partial charge in [-0.25, -0.2) is 4.98 Å². The minimum atomic E-state index is -0.125. The molecule has 0 aliphatic carbocycles.